The van der Waals surface area contributed by atoms with Gasteiger partial charge in [0, 0.05) is 5.69 Å². The highest BCUT2D eigenvalue weighted by Gasteiger charge is 2.12. The zero-order valence-corrected chi connectivity index (χ0v) is 10.8. The third-order valence-electron chi connectivity index (χ3n) is 3.11. The molecular weight excluding hydrogens is 214 g/mol. The number of hydrogen-bond acceptors (Lipinski definition) is 2. The van der Waals surface area contributed by atoms with Gasteiger partial charge in [0.05, 0.1) is 6.61 Å². The molecule has 0 aliphatic carbocycles. The van der Waals surface area contributed by atoms with E-state index in [1.165, 1.54) is 0 Å². The van der Waals surface area contributed by atoms with Crippen LogP contribution in [-0.2, 0) is 4.74 Å². The lowest BCUT2D eigenvalue weighted by atomic mass is 9.95. The molecule has 1 aromatic rings. The summed E-state index contributed by atoms with van der Waals surface area (Å²) in [6.45, 7) is 6.88. The van der Waals surface area contributed by atoms with Crippen LogP contribution in [-0.4, -0.2) is 12.7 Å². The van der Waals surface area contributed by atoms with Crippen LogP contribution in [0.1, 0.15) is 27.2 Å². The standard InChI is InChI=1S/C14H21NO2/c1-4-11(2)12(3)10-17-14(16)15-13-8-6-5-7-9-13/h5-9,11-12H,4,10H2,1-3H3,(H,15,16). The first-order valence-corrected chi connectivity index (χ1v) is 6.12. The van der Waals surface area contributed by atoms with Gasteiger partial charge in [-0.25, -0.2) is 4.79 Å². The second-order valence-corrected chi connectivity index (χ2v) is 4.45. The van der Waals surface area contributed by atoms with Crippen molar-refractivity contribution in [2.24, 2.45) is 11.8 Å². The van der Waals surface area contributed by atoms with Crippen LogP contribution in [0.25, 0.3) is 0 Å². The van der Waals surface area contributed by atoms with E-state index in [1.807, 2.05) is 30.3 Å². The third kappa shape index (κ3) is 4.89. The molecule has 2 unspecified atom stereocenters. The lowest BCUT2D eigenvalue weighted by Crippen LogP contribution is -2.20. The minimum Gasteiger partial charge on any atom is -0.449 e. The number of anilines is 1. The monoisotopic (exact) mass is 235 g/mol. The van der Waals surface area contributed by atoms with Crippen molar-refractivity contribution >= 4 is 11.8 Å². The lowest BCUT2D eigenvalue weighted by molar-refractivity contribution is 0.129. The van der Waals surface area contributed by atoms with Crippen LogP contribution in [0.4, 0.5) is 10.5 Å². The zero-order chi connectivity index (χ0) is 12.7. The van der Waals surface area contributed by atoms with E-state index in [1.54, 1.807) is 0 Å². The van der Waals surface area contributed by atoms with Crippen molar-refractivity contribution in [2.75, 3.05) is 11.9 Å². The molecule has 0 saturated heterocycles. The minimum absolute atomic E-state index is 0.383. The van der Waals surface area contributed by atoms with Gasteiger partial charge in [-0.1, -0.05) is 45.4 Å². The minimum atomic E-state index is -0.383. The smallest absolute Gasteiger partial charge is 0.411 e. The highest BCUT2D eigenvalue weighted by molar-refractivity contribution is 5.84. The summed E-state index contributed by atoms with van der Waals surface area (Å²) in [5, 5.41) is 2.69. The topological polar surface area (TPSA) is 38.3 Å². The van der Waals surface area contributed by atoms with Crippen LogP contribution >= 0.6 is 0 Å². The van der Waals surface area contributed by atoms with Crippen LogP contribution in [0.5, 0.6) is 0 Å². The van der Waals surface area contributed by atoms with Gasteiger partial charge in [0.15, 0.2) is 0 Å². The quantitative estimate of drug-likeness (QED) is 0.840. The Morgan fingerprint density at radius 3 is 2.47 bits per heavy atom. The molecule has 0 saturated carbocycles. The van der Waals surface area contributed by atoms with E-state index < -0.39 is 0 Å². The number of para-hydroxylation sites is 1. The molecule has 0 aliphatic rings. The van der Waals surface area contributed by atoms with E-state index in [4.69, 9.17) is 4.74 Å². The van der Waals surface area contributed by atoms with Crippen LogP contribution in [0.3, 0.4) is 0 Å². The fourth-order valence-corrected chi connectivity index (χ4v) is 1.45. The first-order valence-electron chi connectivity index (χ1n) is 6.12. The highest BCUT2D eigenvalue weighted by Crippen LogP contribution is 2.15. The number of rotatable bonds is 5. The van der Waals surface area contributed by atoms with Gasteiger partial charge in [0.25, 0.3) is 0 Å². The maximum Gasteiger partial charge on any atom is 0.411 e. The first-order chi connectivity index (χ1) is 8.13. The van der Waals surface area contributed by atoms with Crippen molar-refractivity contribution in [3.63, 3.8) is 0 Å². The molecule has 0 aliphatic heterocycles. The zero-order valence-electron chi connectivity index (χ0n) is 10.8. The molecule has 94 valence electrons. The van der Waals surface area contributed by atoms with Crippen LogP contribution in [0.15, 0.2) is 30.3 Å². The second kappa shape index (κ2) is 6.94. The fourth-order valence-electron chi connectivity index (χ4n) is 1.45. The maximum absolute atomic E-state index is 11.5. The van der Waals surface area contributed by atoms with Crippen molar-refractivity contribution in [3.8, 4) is 0 Å². The molecule has 1 amide bonds. The maximum atomic E-state index is 11.5. The molecule has 2 atom stereocenters. The molecule has 0 aromatic heterocycles. The number of benzene rings is 1. The summed E-state index contributed by atoms with van der Waals surface area (Å²) >= 11 is 0. The van der Waals surface area contributed by atoms with Gasteiger partial charge < -0.3 is 4.74 Å². The normalized spacial score (nSPS) is 13.8. The summed E-state index contributed by atoms with van der Waals surface area (Å²) in [4.78, 5) is 11.5. The molecule has 0 bridgehead atoms. The number of carbonyl (C=O) groups excluding carboxylic acids is 1. The molecular formula is C14H21NO2. The SMILES string of the molecule is CCC(C)C(C)COC(=O)Nc1ccccc1. The van der Waals surface area contributed by atoms with Gasteiger partial charge in [0.2, 0.25) is 0 Å². The summed E-state index contributed by atoms with van der Waals surface area (Å²) in [5.41, 5.74) is 0.758. The van der Waals surface area contributed by atoms with Gasteiger partial charge in [-0.05, 0) is 24.0 Å². The molecule has 0 heterocycles. The first kappa shape index (κ1) is 13.6. The molecule has 0 radical (unpaired) electrons. The molecule has 3 nitrogen and oxygen atoms in total. The number of nitrogens with one attached hydrogen (secondary N) is 1. The number of hydrogen-bond donors (Lipinski definition) is 1. The van der Waals surface area contributed by atoms with Gasteiger partial charge in [0.1, 0.15) is 0 Å². The summed E-state index contributed by atoms with van der Waals surface area (Å²) in [7, 11) is 0. The van der Waals surface area contributed by atoms with Gasteiger partial charge >= 0.3 is 6.09 Å². The summed E-state index contributed by atoms with van der Waals surface area (Å²) in [6.07, 6.45) is 0.719. The van der Waals surface area contributed by atoms with Crippen molar-refractivity contribution in [2.45, 2.75) is 27.2 Å². The van der Waals surface area contributed by atoms with Crippen LogP contribution in [0.2, 0.25) is 0 Å². The van der Waals surface area contributed by atoms with E-state index in [0.29, 0.717) is 18.4 Å². The Labute approximate surface area is 103 Å². The molecule has 0 spiro atoms. The number of amides is 1. The number of ether oxygens (including phenoxy) is 1. The average molecular weight is 235 g/mol. The molecule has 1 N–H and O–H groups in total. The van der Waals surface area contributed by atoms with E-state index in [0.717, 1.165) is 12.1 Å². The average Bonchev–Trinajstić information content (AvgIpc) is 2.36. The predicted octanol–water partition coefficient (Wildman–Crippen LogP) is 3.92. The summed E-state index contributed by atoms with van der Waals surface area (Å²) in [5.74, 6) is 0.959. The Kier molecular flexibility index (Phi) is 5.53. The van der Waals surface area contributed by atoms with Gasteiger partial charge in [-0.2, -0.15) is 0 Å². The molecule has 0 fully saturated rings. The van der Waals surface area contributed by atoms with Crippen LogP contribution < -0.4 is 5.32 Å². The number of carbonyl (C=O) groups is 1. The lowest BCUT2D eigenvalue weighted by Gasteiger charge is -2.18. The van der Waals surface area contributed by atoms with E-state index >= 15 is 0 Å². The fraction of sp³-hybridized carbons (Fsp3) is 0.500. The van der Waals surface area contributed by atoms with Crippen LogP contribution in [0, 0.1) is 11.8 Å². The Morgan fingerprint density at radius 1 is 1.24 bits per heavy atom. The van der Waals surface area contributed by atoms with Gasteiger partial charge in [-0.15, -0.1) is 0 Å². The Morgan fingerprint density at radius 2 is 1.88 bits per heavy atom. The van der Waals surface area contributed by atoms with Gasteiger partial charge in [-0.3, -0.25) is 5.32 Å². The third-order valence-corrected chi connectivity index (χ3v) is 3.11. The largest absolute Gasteiger partial charge is 0.449 e. The highest BCUT2D eigenvalue weighted by atomic mass is 16.5. The predicted molar refractivity (Wildman–Crippen MR) is 70.0 cm³/mol. The van der Waals surface area contributed by atoms with E-state index in [2.05, 4.69) is 26.1 Å². The molecule has 17 heavy (non-hydrogen) atoms. The summed E-state index contributed by atoms with van der Waals surface area (Å²) < 4.78 is 5.18. The molecule has 1 rings (SSSR count). The van der Waals surface area contributed by atoms with Crippen molar-refractivity contribution in [3.05, 3.63) is 30.3 Å². The summed E-state index contributed by atoms with van der Waals surface area (Å²) in [6, 6.07) is 9.31. The second-order valence-electron chi connectivity index (χ2n) is 4.45. The van der Waals surface area contributed by atoms with Crippen molar-refractivity contribution < 1.29 is 9.53 Å². The van der Waals surface area contributed by atoms with E-state index in [-0.39, 0.29) is 6.09 Å². The van der Waals surface area contributed by atoms with E-state index in [9.17, 15) is 4.79 Å². The molecule has 1 aromatic carbocycles. The van der Waals surface area contributed by atoms with Crippen molar-refractivity contribution in [1.82, 2.24) is 0 Å². The Hall–Kier alpha value is -1.51. The Bertz CT molecular complexity index is 337. The van der Waals surface area contributed by atoms with Crippen molar-refractivity contribution in [1.29, 1.82) is 0 Å². The Balaban J connectivity index is 2.31. The molecule has 3 heteroatoms.